The van der Waals surface area contributed by atoms with Gasteiger partial charge in [0.15, 0.2) is 5.84 Å². The van der Waals surface area contributed by atoms with Crippen LogP contribution in [0.15, 0.2) is 65.8 Å². The summed E-state index contributed by atoms with van der Waals surface area (Å²) in [5, 5.41) is 4.45. The van der Waals surface area contributed by atoms with Crippen LogP contribution < -0.4 is 10.5 Å². The number of rotatable bonds is 6. The molecule has 0 saturated carbocycles. The molecule has 154 valence electrons. The highest BCUT2D eigenvalue weighted by Gasteiger charge is 2.11. The highest BCUT2D eigenvalue weighted by molar-refractivity contribution is 6.36. The topological polar surface area (TPSA) is 73.9 Å². The third kappa shape index (κ3) is 5.32. The second kappa shape index (κ2) is 9.65. The van der Waals surface area contributed by atoms with Crippen LogP contribution >= 0.6 is 23.2 Å². The minimum Gasteiger partial charge on any atom is -0.488 e. The van der Waals surface area contributed by atoms with E-state index in [9.17, 15) is 4.79 Å². The molecule has 0 fully saturated rings. The molecule has 0 radical (unpaired) electrons. The van der Waals surface area contributed by atoms with Crippen molar-refractivity contribution in [2.24, 2.45) is 10.9 Å². The first kappa shape index (κ1) is 21.7. The Labute approximate surface area is 185 Å². The quantitative estimate of drug-likeness (QED) is 0.231. The second-order valence-corrected chi connectivity index (χ2v) is 7.53. The van der Waals surface area contributed by atoms with Gasteiger partial charge in [-0.15, -0.1) is 0 Å². The van der Waals surface area contributed by atoms with E-state index in [1.807, 2.05) is 32.0 Å². The fraction of sp³-hybridized carbons (Fsp3) is 0.130. The molecule has 5 nitrogen and oxygen atoms in total. The average molecular weight is 443 g/mol. The molecule has 0 saturated heterocycles. The van der Waals surface area contributed by atoms with Gasteiger partial charge in [0.1, 0.15) is 12.4 Å². The van der Waals surface area contributed by atoms with Crippen LogP contribution in [0.2, 0.25) is 10.0 Å². The van der Waals surface area contributed by atoms with Crippen molar-refractivity contribution in [2.45, 2.75) is 20.5 Å². The molecule has 0 atom stereocenters. The number of hydrogen-bond acceptors (Lipinski definition) is 4. The maximum Gasteiger partial charge on any atom is 0.365 e. The number of ether oxygens (including phenoxy) is 1. The fourth-order valence-corrected chi connectivity index (χ4v) is 3.31. The second-order valence-electron chi connectivity index (χ2n) is 6.69. The van der Waals surface area contributed by atoms with Crippen LogP contribution in [0.3, 0.4) is 0 Å². The molecule has 0 aliphatic heterocycles. The predicted molar refractivity (Wildman–Crippen MR) is 119 cm³/mol. The summed E-state index contributed by atoms with van der Waals surface area (Å²) in [6.07, 6.45) is 0. The van der Waals surface area contributed by atoms with Crippen molar-refractivity contribution in [1.29, 1.82) is 0 Å². The van der Waals surface area contributed by atoms with Crippen LogP contribution in [0.25, 0.3) is 0 Å². The Hall–Kier alpha value is -3.02. The third-order valence-corrected chi connectivity index (χ3v) is 4.96. The number of amidine groups is 1. The number of oxime groups is 1. The van der Waals surface area contributed by atoms with Gasteiger partial charge in [-0.1, -0.05) is 58.7 Å². The number of hydrogen-bond donors (Lipinski definition) is 1. The molecule has 0 aromatic heterocycles. The van der Waals surface area contributed by atoms with Crippen molar-refractivity contribution < 1.29 is 14.4 Å². The highest BCUT2D eigenvalue weighted by atomic mass is 35.5. The normalized spacial score (nSPS) is 11.3. The monoisotopic (exact) mass is 442 g/mol. The van der Waals surface area contributed by atoms with Crippen molar-refractivity contribution in [3.8, 4) is 5.75 Å². The van der Waals surface area contributed by atoms with E-state index >= 15 is 0 Å². The van der Waals surface area contributed by atoms with Gasteiger partial charge in [-0.05, 0) is 60.9 Å². The highest BCUT2D eigenvalue weighted by Crippen LogP contribution is 2.24. The Kier molecular flexibility index (Phi) is 6.98. The molecule has 0 aliphatic rings. The van der Waals surface area contributed by atoms with Crippen molar-refractivity contribution >= 4 is 35.0 Å². The molecule has 0 spiro atoms. The van der Waals surface area contributed by atoms with Gasteiger partial charge in [0.2, 0.25) is 0 Å². The zero-order valence-corrected chi connectivity index (χ0v) is 18.0. The Morgan fingerprint density at radius 3 is 2.30 bits per heavy atom. The fourth-order valence-electron chi connectivity index (χ4n) is 2.81. The standard InChI is InChI=1S/C23H20Cl2N2O3/c1-14-4-3-5-15(2)21(14)29-13-16-6-8-17(9-7-16)23(28)30-27-22(26)19-11-10-18(24)12-20(19)25/h3-12H,13H2,1-2H3,(H2,26,27). The molecular weight excluding hydrogens is 423 g/mol. The van der Waals surface area contributed by atoms with E-state index in [-0.39, 0.29) is 5.84 Å². The summed E-state index contributed by atoms with van der Waals surface area (Å²) >= 11 is 11.9. The minimum absolute atomic E-state index is 0.0244. The summed E-state index contributed by atoms with van der Waals surface area (Å²) in [5.41, 5.74) is 9.68. The lowest BCUT2D eigenvalue weighted by Crippen LogP contribution is -2.15. The first-order chi connectivity index (χ1) is 14.3. The van der Waals surface area contributed by atoms with Crippen LogP contribution in [0.4, 0.5) is 0 Å². The van der Waals surface area contributed by atoms with Gasteiger partial charge in [0.05, 0.1) is 10.6 Å². The molecule has 0 unspecified atom stereocenters. The summed E-state index contributed by atoms with van der Waals surface area (Å²) < 4.78 is 5.93. The number of nitrogens with zero attached hydrogens (tertiary/aromatic N) is 1. The van der Waals surface area contributed by atoms with Gasteiger partial charge < -0.3 is 15.3 Å². The number of carbonyl (C=O) groups is 1. The number of halogens is 2. The first-order valence-corrected chi connectivity index (χ1v) is 9.89. The third-order valence-electron chi connectivity index (χ3n) is 4.42. The predicted octanol–water partition coefficient (Wildman–Crippen LogP) is 5.67. The minimum atomic E-state index is -0.634. The molecule has 0 bridgehead atoms. The van der Waals surface area contributed by atoms with Crippen LogP contribution in [-0.4, -0.2) is 11.8 Å². The van der Waals surface area contributed by atoms with E-state index in [1.54, 1.807) is 36.4 Å². The van der Waals surface area contributed by atoms with Crippen LogP contribution in [0.5, 0.6) is 5.75 Å². The zero-order valence-electron chi connectivity index (χ0n) is 16.5. The Bertz CT molecular complexity index is 1080. The van der Waals surface area contributed by atoms with Crippen molar-refractivity contribution in [3.05, 3.63) is 98.5 Å². The number of carbonyl (C=O) groups excluding carboxylic acids is 1. The number of para-hydroxylation sites is 1. The van der Waals surface area contributed by atoms with Gasteiger partial charge >= 0.3 is 5.97 Å². The smallest absolute Gasteiger partial charge is 0.365 e. The van der Waals surface area contributed by atoms with Crippen molar-refractivity contribution in [1.82, 2.24) is 0 Å². The lowest BCUT2D eigenvalue weighted by Gasteiger charge is -2.12. The molecule has 0 aliphatic carbocycles. The summed E-state index contributed by atoms with van der Waals surface area (Å²) in [7, 11) is 0. The van der Waals surface area contributed by atoms with E-state index in [0.717, 1.165) is 22.4 Å². The molecular formula is C23H20Cl2N2O3. The molecule has 0 heterocycles. The summed E-state index contributed by atoms with van der Waals surface area (Å²) in [4.78, 5) is 17.2. The SMILES string of the molecule is Cc1cccc(C)c1OCc1ccc(C(=O)O/N=C(\N)c2ccc(Cl)cc2Cl)cc1. The number of nitrogens with two attached hydrogens (primary N) is 1. The molecule has 0 amide bonds. The summed E-state index contributed by atoms with van der Waals surface area (Å²) in [5.74, 6) is 0.209. The van der Waals surface area contributed by atoms with Gasteiger partial charge in [0, 0.05) is 10.6 Å². The first-order valence-electron chi connectivity index (χ1n) is 9.13. The largest absolute Gasteiger partial charge is 0.488 e. The van der Waals surface area contributed by atoms with E-state index in [2.05, 4.69) is 5.16 Å². The van der Waals surface area contributed by atoms with E-state index < -0.39 is 5.97 Å². The number of aryl methyl sites for hydroxylation is 2. The molecule has 3 aromatic carbocycles. The maximum absolute atomic E-state index is 12.2. The summed E-state index contributed by atoms with van der Waals surface area (Å²) in [6.45, 7) is 4.40. The van der Waals surface area contributed by atoms with E-state index in [4.69, 9.17) is 38.5 Å². The van der Waals surface area contributed by atoms with Gasteiger partial charge in [-0.25, -0.2) is 4.79 Å². The maximum atomic E-state index is 12.2. The van der Waals surface area contributed by atoms with Crippen LogP contribution in [0, 0.1) is 13.8 Å². The van der Waals surface area contributed by atoms with Gasteiger partial charge in [-0.2, -0.15) is 0 Å². The molecule has 2 N–H and O–H groups in total. The lowest BCUT2D eigenvalue weighted by atomic mass is 10.1. The molecule has 3 rings (SSSR count). The van der Waals surface area contributed by atoms with E-state index in [0.29, 0.717) is 27.8 Å². The molecule has 3 aromatic rings. The van der Waals surface area contributed by atoms with Gasteiger partial charge in [0.25, 0.3) is 0 Å². The Morgan fingerprint density at radius 2 is 1.67 bits per heavy atom. The lowest BCUT2D eigenvalue weighted by molar-refractivity contribution is 0.0516. The summed E-state index contributed by atoms with van der Waals surface area (Å²) in [6, 6.07) is 17.6. The molecule has 7 heteroatoms. The Balaban J connectivity index is 1.62. The average Bonchev–Trinajstić information content (AvgIpc) is 2.72. The van der Waals surface area contributed by atoms with Crippen molar-refractivity contribution in [3.63, 3.8) is 0 Å². The number of benzene rings is 3. The van der Waals surface area contributed by atoms with Gasteiger partial charge in [-0.3, -0.25) is 0 Å². The van der Waals surface area contributed by atoms with Crippen LogP contribution in [0.1, 0.15) is 32.6 Å². The van der Waals surface area contributed by atoms with Crippen LogP contribution in [-0.2, 0) is 11.4 Å². The Morgan fingerprint density at radius 1 is 1.00 bits per heavy atom. The van der Waals surface area contributed by atoms with Crippen molar-refractivity contribution in [2.75, 3.05) is 0 Å². The van der Waals surface area contributed by atoms with E-state index in [1.165, 1.54) is 6.07 Å². The zero-order chi connectivity index (χ0) is 21.7. The molecule has 30 heavy (non-hydrogen) atoms.